The van der Waals surface area contributed by atoms with E-state index in [2.05, 4.69) is 9.82 Å². The van der Waals surface area contributed by atoms with E-state index in [1.165, 1.54) is 0 Å². The SMILES string of the molecule is NOCc1ccc2nc(Cl)ccc2c1Cl. The summed E-state index contributed by atoms with van der Waals surface area (Å²) >= 11 is 11.9. The van der Waals surface area contributed by atoms with E-state index in [1.807, 2.05) is 18.2 Å². The normalized spacial score (nSPS) is 10.9. The van der Waals surface area contributed by atoms with Crippen LogP contribution < -0.4 is 5.90 Å². The van der Waals surface area contributed by atoms with Crippen LogP contribution in [0.5, 0.6) is 0 Å². The molecular formula is C10H8Cl2N2O. The van der Waals surface area contributed by atoms with Crippen LogP contribution in [-0.2, 0) is 11.4 Å². The first kappa shape index (κ1) is 10.6. The number of benzene rings is 1. The molecule has 5 heteroatoms. The zero-order chi connectivity index (χ0) is 10.8. The monoisotopic (exact) mass is 242 g/mol. The molecule has 0 aliphatic carbocycles. The van der Waals surface area contributed by atoms with Crippen molar-refractivity contribution in [1.29, 1.82) is 0 Å². The molecule has 3 nitrogen and oxygen atoms in total. The van der Waals surface area contributed by atoms with Gasteiger partial charge in [0, 0.05) is 5.39 Å². The molecule has 0 atom stereocenters. The van der Waals surface area contributed by atoms with Crippen LogP contribution in [-0.4, -0.2) is 4.98 Å². The largest absolute Gasteiger partial charge is 0.300 e. The van der Waals surface area contributed by atoms with Gasteiger partial charge in [-0.15, -0.1) is 0 Å². The summed E-state index contributed by atoms with van der Waals surface area (Å²) in [6.45, 7) is 0.275. The van der Waals surface area contributed by atoms with Crippen molar-refractivity contribution in [3.05, 3.63) is 40.0 Å². The fourth-order valence-electron chi connectivity index (χ4n) is 1.39. The summed E-state index contributed by atoms with van der Waals surface area (Å²) in [7, 11) is 0. The highest BCUT2D eigenvalue weighted by Crippen LogP contribution is 2.27. The minimum Gasteiger partial charge on any atom is -0.300 e. The molecule has 1 aromatic heterocycles. The first-order chi connectivity index (χ1) is 7.22. The van der Waals surface area contributed by atoms with E-state index >= 15 is 0 Å². The van der Waals surface area contributed by atoms with Gasteiger partial charge in [-0.25, -0.2) is 10.9 Å². The first-order valence-corrected chi connectivity index (χ1v) is 5.03. The van der Waals surface area contributed by atoms with Crippen molar-refractivity contribution in [1.82, 2.24) is 4.98 Å². The molecule has 0 aliphatic heterocycles. The fourth-order valence-corrected chi connectivity index (χ4v) is 1.82. The number of halogens is 2. The van der Waals surface area contributed by atoms with Gasteiger partial charge in [0.25, 0.3) is 0 Å². The van der Waals surface area contributed by atoms with Gasteiger partial charge in [0.1, 0.15) is 5.15 Å². The average Bonchev–Trinajstić information content (AvgIpc) is 2.22. The van der Waals surface area contributed by atoms with Gasteiger partial charge >= 0.3 is 0 Å². The predicted molar refractivity (Wildman–Crippen MR) is 60.7 cm³/mol. The minimum absolute atomic E-state index is 0.275. The Balaban J connectivity index is 2.63. The predicted octanol–water partition coefficient (Wildman–Crippen LogP) is 2.93. The summed E-state index contributed by atoms with van der Waals surface area (Å²) in [5.74, 6) is 5.00. The zero-order valence-electron chi connectivity index (χ0n) is 7.71. The lowest BCUT2D eigenvalue weighted by Gasteiger charge is -2.05. The second-order valence-electron chi connectivity index (χ2n) is 3.05. The molecule has 78 valence electrons. The van der Waals surface area contributed by atoms with Crippen molar-refractivity contribution in [2.75, 3.05) is 0 Å². The van der Waals surface area contributed by atoms with Gasteiger partial charge in [-0.3, -0.25) is 4.84 Å². The van der Waals surface area contributed by atoms with E-state index in [0.29, 0.717) is 10.2 Å². The quantitative estimate of drug-likeness (QED) is 0.651. The lowest BCUT2D eigenvalue weighted by molar-refractivity contribution is 0.124. The van der Waals surface area contributed by atoms with Crippen molar-refractivity contribution < 1.29 is 4.84 Å². The second kappa shape index (κ2) is 4.33. The van der Waals surface area contributed by atoms with Gasteiger partial charge in [0.2, 0.25) is 0 Å². The summed E-state index contributed by atoms with van der Waals surface area (Å²) in [6, 6.07) is 7.18. The minimum atomic E-state index is 0.275. The average molecular weight is 243 g/mol. The van der Waals surface area contributed by atoms with Crippen LogP contribution in [0.2, 0.25) is 10.2 Å². The highest BCUT2D eigenvalue weighted by molar-refractivity contribution is 6.36. The topological polar surface area (TPSA) is 48.1 Å². The summed E-state index contributed by atoms with van der Waals surface area (Å²) in [5.41, 5.74) is 1.59. The van der Waals surface area contributed by atoms with Gasteiger partial charge in [0.05, 0.1) is 17.1 Å². The molecule has 2 N–H and O–H groups in total. The maximum atomic E-state index is 6.15. The Bertz CT molecular complexity index is 502. The molecule has 1 aromatic carbocycles. The van der Waals surface area contributed by atoms with E-state index in [0.717, 1.165) is 16.5 Å². The fraction of sp³-hybridized carbons (Fsp3) is 0.100. The number of hydrogen-bond acceptors (Lipinski definition) is 3. The number of aromatic nitrogens is 1. The Morgan fingerprint density at radius 2 is 2.00 bits per heavy atom. The van der Waals surface area contributed by atoms with Gasteiger partial charge in [-0.1, -0.05) is 29.3 Å². The van der Waals surface area contributed by atoms with Crippen LogP contribution in [0, 0.1) is 0 Å². The number of rotatable bonds is 2. The standard InChI is InChI=1S/C10H8Cl2N2O/c11-9-4-2-7-8(14-9)3-1-6(5-15-13)10(7)12/h1-4H,5,13H2. The van der Waals surface area contributed by atoms with Crippen LogP contribution in [0.1, 0.15) is 5.56 Å². The molecule has 0 aliphatic rings. The molecule has 1 heterocycles. The Morgan fingerprint density at radius 3 is 2.73 bits per heavy atom. The summed E-state index contributed by atoms with van der Waals surface area (Å²) in [4.78, 5) is 8.70. The van der Waals surface area contributed by atoms with Crippen molar-refractivity contribution in [2.45, 2.75) is 6.61 Å². The van der Waals surface area contributed by atoms with Gasteiger partial charge in [-0.2, -0.15) is 0 Å². The number of fused-ring (bicyclic) bond motifs is 1. The highest BCUT2D eigenvalue weighted by atomic mass is 35.5. The Kier molecular flexibility index (Phi) is 3.07. The maximum absolute atomic E-state index is 6.15. The molecule has 0 unspecified atom stereocenters. The molecule has 0 fully saturated rings. The van der Waals surface area contributed by atoms with Crippen molar-refractivity contribution >= 4 is 34.1 Å². The van der Waals surface area contributed by atoms with Crippen LogP contribution in [0.3, 0.4) is 0 Å². The molecule has 0 amide bonds. The van der Waals surface area contributed by atoms with E-state index < -0.39 is 0 Å². The summed E-state index contributed by atoms with van der Waals surface area (Å²) in [6.07, 6.45) is 0. The summed E-state index contributed by atoms with van der Waals surface area (Å²) < 4.78 is 0. The Hall–Kier alpha value is -0.870. The van der Waals surface area contributed by atoms with Crippen molar-refractivity contribution in [2.24, 2.45) is 5.90 Å². The number of pyridine rings is 1. The third-order valence-electron chi connectivity index (χ3n) is 2.09. The smallest absolute Gasteiger partial charge is 0.129 e. The van der Waals surface area contributed by atoms with Crippen LogP contribution in [0.4, 0.5) is 0 Å². The molecule has 2 rings (SSSR count). The van der Waals surface area contributed by atoms with Gasteiger partial charge < -0.3 is 0 Å². The van der Waals surface area contributed by atoms with Crippen LogP contribution in [0.15, 0.2) is 24.3 Å². The third-order valence-corrected chi connectivity index (χ3v) is 2.75. The van der Waals surface area contributed by atoms with Gasteiger partial charge in [-0.05, 0) is 23.8 Å². The van der Waals surface area contributed by atoms with Crippen molar-refractivity contribution in [3.63, 3.8) is 0 Å². The molecule has 0 saturated carbocycles. The number of hydrogen-bond donors (Lipinski definition) is 1. The molecule has 2 aromatic rings. The van der Waals surface area contributed by atoms with E-state index in [4.69, 9.17) is 29.1 Å². The lowest BCUT2D eigenvalue weighted by atomic mass is 10.1. The number of nitrogens with zero attached hydrogens (tertiary/aromatic N) is 1. The lowest BCUT2D eigenvalue weighted by Crippen LogP contribution is -1.99. The van der Waals surface area contributed by atoms with Crippen molar-refractivity contribution in [3.8, 4) is 0 Å². The first-order valence-electron chi connectivity index (χ1n) is 4.27. The Morgan fingerprint density at radius 1 is 1.20 bits per heavy atom. The molecule has 0 spiro atoms. The van der Waals surface area contributed by atoms with E-state index in [9.17, 15) is 0 Å². The third kappa shape index (κ3) is 2.06. The highest BCUT2D eigenvalue weighted by Gasteiger charge is 2.06. The Labute approximate surface area is 96.7 Å². The zero-order valence-corrected chi connectivity index (χ0v) is 9.22. The van der Waals surface area contributed by atoms with Crippen LogP contribution in [0.25, 0.3) is 10.9 Å². The van der Waals surface area contributed by atoms with E-state index in [1.54, 1.807) is 6.07 Å². The molecule has 0 saturated heterocycles. The molecule has 0 bridgehead atoms. The van der Waals surface area contributed by atoms with Gasteiger partial charge in [0.15, 0.2) is 0 Å². The molecule has 15 heavy (non-hydrogen) atoms. The summed E-state index contributed by atoms with van der Waals surface area (Å²) in [5, 5.41) is 1.89. The molecule has 0 radical (unpaired) electrons. The molecular weight excluding hydrogens is 235 g/mol. The number of nitrogens with two attached hydrogens (primary N) is 1. The second-order valence-corrected chi connectivity index (χ2v) is 3.82. The van der Waals surface area contributed by atoms with Crippen LogP contribution >= 0.6 is 23.2 Å². The van der Waals surface area contributed by atoms with E-state index in [-0.39, 0.29) is 6.61 Å². The maximum Gasteiger partial charge on any atom is 0.129 e.